The van der Waals surface area contributed by atoms with Gasteiger partial charge in [0.1, 0.15) is 18.2 Å². The molecule has 160 valence electrons. The maximum absolute atomic E-state index is 13.9. The van der Waals surface area contributed by atoms with Crippen molar-refractivity contribution in [2.75, 3.05) is 38.6 Å². The molecule has 2 fully saturated rings. The molecule has 2 N–H and O–H groups in total. The molecule has 0 radical (unpaired) electrons. The van der Waals surface area contributed by atoms with Crippen LogP contribution in [0.2, 0.25) is 0 Å². The van der Waals surface area contributed by atoms with Gasteiger partial charge in [0.05, 0.1) is 29.6 Å². The van der Waals surface area contributed by atoms with Gasteiger partial charge in [-0.3, -0.25) is 4.79 Å². The number of fused-ring (bicyclic) bond motifs is 1. The summed E-state index contributed by atoms with van der Waals surface area (Å²) in [6.45, 7) is 2.65. The molecule has 0 bridgehead atoms. The van der Waals surface area contributed by atoms with Gasteiger partial charge in [-0.05, 0) is 30.5 Å². The average Bonchev–Trinajstić information content (AvgIpc) is 2.84. The molecule has 3 aromatic rings. The highest BCUT2D eigenvalue weighted by Crippen LogP contribution is 2.38. The second-order valence-corrected chi connectivity index (χ2v) is 8.04. The Morgan fingerprint density at radius 1 is 1.06 bits per heavy atom. The molecule has 0 aliphatic carbocycles. The fraction of sp³-hybridized carbons (Fsp3) is 0.391. The number of ether oxygens (including phenoxy) is 2. The SMILES string of the molecule is Nc1ncnc2nc([C@H]3CN(C(=O)C4(c5ccccc5)CCOCC4)CCO3)ccc12. The molecule has 5 rings (SSSR count). The lowest BCUT2D eigenvalue weighted by Crippen LogP contribution is -2.53. The number of nitrogens with zero attached hydrogens (tertiary/aromatic N) is 4. The van der Waals surface area contributed by atoms with Crippen molar-refractivity contribution in [1.29, 1.82) is 0 Å². The van der Waals surface area contributed by atoms with Crippen molar-refractivity contribution >= 4 is 22.8 Å². The van der Waals surface area contributed by atoms with Crippen LogP contribution >= 0.6 is 0 Å². The third-order valence-electron chi connectivity index (χ3n) is 6.32. The Bertz CT molecular complexity index is 1090. The van der Waals surface area contributed by atoms with Crippen LogP contribution in [0.25, 0.3) is 11.0 Å². The number of pyridine rings is 1. The first kappa shape index (κ1) is 19.8. The van der Waals surface area contributed by atoms with E-state index in [1.807, 2.05) is 35.2 Å². The van der Waals surface area contributed by atoms with Gasteiger partial charge in [0.2, 0.25) is 5.91 Å². The van der Waals surface area contributed by atoms with E-state index in [0.29, 0.717) is 62.6 Å². The van der Waals surface area contributed by atoms with Gasteiger partial charge < -0.3 is 20.1 Å². The fourth-order valence-corrected chi connectivity index (χ4v) is 4.57. The minimum Gasteiger partial charge on any atom is -0.383 e. The molecular weight excluding hydrogens is 394 g/mol. The first-order valence-corrected chi connectivity index (χ1v) is 10.6. The van der Waals surface area contributed by atoms with Crippen molar-refractivity contribution in [3.8, 4) is 0 Å². The number of carbonyl (C=O) groups excluding carboxylic acids is 1. The first-order valence-electron chi connectivity index (χ1n) is 10.6. The third kappa shape index (κ3) is 3.62. The zero-order valence-electron chi connectivity index (χ0n) is 17.2. The number of anilines is 1. The van der Waals surface area contributed by atoms with Crippen LogP contribution in [0.1, 0.15) is 30.2 Å². The second-order valence-electron chi connectivity index (χ2n) is 8.04. The van der Waals surface area contributed by atoms with E-state index in [4.69, 9.17) is 15.2 Å². The fourth-order valence-electron chi connectivity index (χ4n) is 4.57. The van der Waals surface area contributed by atoms with Crippen LogP contribution in [-0.4, -0.2) is 58.7 Å². The topological polar surface area (TPSA) is 103 Å². The van der Waals surface area contributed by atoms with Crippen molar-refractivity contribution in [2.45, 2.75) is 24.4 Å². The first-order chi connectivity index (χ1) is 15.2. The van der Waals surface area contributed by atoms with Crippen molar-refractivity contribution < 1.29 is 14.3 Å². The summed E-state index contributed by atoms with van der Waals surface area (Å²) in [5, 5.41) is 0.709. The van der Waals surface area contributed by atoms with E-state index in [0.717, 1.165) is 11.3 Å². The highest BCUT2D eigenvalue weighted by molar-refractivity contribution is 5.88. The molecule has 2 saturated heterocycles. The van der Waals surface area contributed by atoms with Crippen LogP contribution in [0, 0.1) is 0 Å². The van der Waals surface area contributed by atoms with Crippen molar-refractivity contribution in [3.63, 3.8) is 0 Å². The van der Waals surface area contributed by atoms with Gasteiger partial charge in [-0.1, -0.05) is 30.3 Å². The number of carbonyl (C=O) groups is 1. The number of aromatic nitrogens is 3. The summed E-state index contributed by atoms with van der Waals surface area (Å²) in [6, 6.07) is 13.8. The molecule has 8 nitrogen and oxygen atoms in total. The number of amides is 1. The molecule has 1 aromatic carbocycles. The number of nitrogens with two attached hydrogens (primary N) is 1. The van der Waals surface area contributed by atoms with Gasteiger partial charge in [0, 0.05) is 19.8 Å². The Hall–Kier alpha value is -3.10. The largest absolute Gasteiger partial charge is 0.383 e. The summed E-state index contributed by atoms with van der Waals surface area (Å²) in [7, 11) is 0. The molecule has 1 amide bonds. The Morgan fingerprint density at radius 2 is 1.87 bits per heavy atom. The number of hydrogen-bond acceptors (Lipinski definition) is 7. The van der Waals surface area contributed by atoms with Crippen LogP contribution in [0.3, 0.4) is 0 Å². The number of nitrogen functional groups attached to an aromatic ring is 1. The standard InChI is InChI=1S/C23H25N5O3/c24-20-17-6-7-18(27-21(17)26-15-25-20)19-14-28(10-13-31-19)22(29)23(8-11-30-12-9-23)16-4-2-1-3-5-16/h1-7,15,19H,8-14H2,(H2,24,25,26,27)/t19-/m1/s1. The molecule has 31 heavy (non-hydrogen) atoms. The summed E-state index contributed by atoms with van der Waals surface area (Å²) in [6.07, 6.45) is 2.46. The Balaban J connectivity index is 1.42. The van der Waals surface area contributed by atoms with E-state index in [-0.39, 0.29) is 12.0 Å². The number of hydrogen-bond donors (Lipinski definition) is 1. The van der Waals surface area contributed by atoms with E-state index in [1.165, 1.54) is 6.33 Å². The Kier molecular flexibility index (Phi) is 5.25. The summed E-state index contributed by atoms with van der Waals surface area (Å²) >= 11 is 0. The number of benzene rings is 1. The van der Waals surface area contributed by atoms with Crippen LogP contribution in [0.15, 0.2) is 48.8 Å². The minimum absolute atomic E-state index is 0.141. The van der Waals surface area contributed by atoms with E-state index < -0.39 is 5.41 Å². The van der Waals surface area contributed by atoms with Gasteiger partial charge in [0.25, 0.3) is 0 Å². The average molecular weight is 419 g/mol. The van der Waals surface area contributed by atoms with Gasteiger partial charge in [-0.2, -0.15) is 0 Å². The van der Waals surface area contributed by atoms with Crippen LogP contribution in [-0.2, 0) is 19.7 Å². The van der Waals surface area contributed by atoms with Gasteiger partial charge in [-0.25, -0.2) is 15.0 Å². The normalized spacial score (nSPS) is 21.2. The summed E-state index contributed by atoms with van der Waals surface area (Å²) in [5.74, 6) is 0.539. The van der Waals surface area contributed by atoms with E-state index >= 15 is 0 Å². The molecule has 0 saturated carbocycles. The number of morpholine rings is 1. The summed E-state index contributed by atoms with van der Waals surface area (Å²) < 4.78 is 11.6. The molecule has 1 atom stereocenters. The summed E-state index contributed by atoms with van der Waals surface area (Å²) in [4.78, 5) is 28.6. The van der Waals surface area contributed by atoms with Crippen molar-refractivity contribution in [3.05, 3.63) is 60.0 Å². The molecule has 2 aliphatic heterocycles. The third-order valence-corrected chi connectivity index (χ3v) is 6.32. The van der Waals surface area contributed by atoms with Crippen LogP contribution in [0.5, 0.6) is 0 Å². The predicted molar refractivity (Wildman–Crippen MR) is 115 cm³/mol. The zero-order valence-corrected chi connectivity index (χ0v) is 17.2. The van der Waals surface area contributed by atoms with Gasteiger partial charge in [0.15, 0.2) is 5.65 Å². The molecular formula is C23H25N5O3. The predicted octanol–water partition coefficient (Wildman–Crippen LogP) is 2.26. The Morgan fingerprint density at radius 3 is 2.68 bits per heavy atom. The molecule has 0 spiro atoms. The van der Waals surface area contributed by atoms with Crippen molar-refractivity contribution in [1.82, 2.24) is 19.9 Å². The lowest BCUT2D eigenvalue weighted by molar-refractivity contribution is -0.149. The van der Waals surface area contributed by atoms with Crippen LogP contribution in [0.4, 0.5) is 5.82 Å². The van der Waals surface area contributed by atoms with E-state index in [9.17, 15) is 4.79 Å². The van der Waals surface area contributed by atoms with E-state index in [1.54, 1.807) is 0 Å². The Labute approximate surface area is 180 Å². The molecule has 2 aliphatic rings. The second kappa shape index (κ2) is 8.20. The molecule has 4 heterocycles. The maximum Gasteiger partial charge on any atom is 0.233 e. The quantitative estimate of drug-likeness (QED) is 0.694. The van der Waals surface area contributed by atoms with Gasteiger partial charge >= 0.3 is 0 Å². The monoisotopic (exact) mass is 419 g/mol. The molecule has 0 unspecified atom stereocenters. The summed E-state index contributed by atoms with van der Waals surface area (Å²) in [5.41, 5.74) is 7.69. The van der Waals surface area contributed by atoms with E-state index in [2.05, 4.69) is 27.1 Å². The lowest BCUT2D eigenvalue weighted by atomic mass is 9.73. The van der Waals surface area contributed by atoms with Crippen LogP contribution < -0.4 is 5.73 Å². The van der Waals surface area contributed by atoms with Gasteiger partial charge in [-0.15, -0.1) is 0 Å². The maximum atomic E-state index is 13.9. The molecule has 8 heteroatoms. The smallest absolute Gasteiger partial charge is 0.233 e. The number of rotatable bonds is 3. The van der Waals surface area contributed by atoms with Crippen molar-refractivity contribution in [2.24, 2.45) is 0 Å². The highest BCUT2D eigenvalue weighted by Gasteiger charge is 2.45. The zero-order chi connectivity index (χ0) is 21.3. The molecule has 2 aromatic heterocycles. The minimum atomic E-state index is -0.556. The lowest BCUT2D eigenvalue weighted by Gasteiger charge is -2.42. The highest BCUT2D eigenvalue weighted by atomic mass is 16.5.